The van der Waals surface area contributed by atoms with Crippen molar-refractivity contribution >= 4 is 5.97 Å². The maximum absolute atomic E-state index is 12.5. The molecule has 1 N–H and O–H groups in total. The smallest absolute Gasteiger partial charge is 0.466 e. The van der Waals surface area contributed by atoms with Crippen LogP contribution in [0, 0.1) is 0 Å². The standard InChI is InChI=1S/C11H10F5NO4/c1-2-20-8(18)4-6-7(21-11(14,15)16)3-5(9(12)13)10(19)17-6/h3,9H,2,4H2,1H3,(H,17,19). The monoisotopic (exact) mass is 315 g/mol. The molecule has 0 bridgehead atoms. The molecular weight excluding hydrogens is 305 g/mol. The maximum atomic E-state index is 12.5. The second kappa shape index (κ2) is 6.55. The van der Waals surface area contributed by atoms with Gasteiger partial charge in [0.05, 0.1) is 24.3 Å². The number of rotatable bonds is 5. The number of H-pyrrole nitrogens is 1. The molecule has 0 fully saturated rings. The third kappa shape index (κ3) is 5.04. The molecule has 0 aliphatic rings. The number of aromatic amines is 1. The van der Waals surface area contributed by atoms with Crippen LogP contribution in [-0.2, 0) is 16.0 Å². The molecule has 0 atom stereocenters. The van der Waals surface area contributed by atoms with Crippen LogP contribution in [-0.4, -0.2) is 23.9 Å². The summed E-state index contributed by atoms with van der Waals surface area (Å²) in [4.78, 5) is 24.3. The van der Waals surface area contributed by atoms with Crippen molar-refractivity contribution in [1.29, 1.82) is 0 Å². The van der Waals surface area contributed by atoms with Crippen LogP contribution in [0.3, 0.4) is 0 Å². The minimum atomic E-state index is -5.17. The number of nitrogens with one attached hydrogen (secondary N) is 1. The number of halogens is 5. The van der Waals surface area contributed by atoms with E-state index < -0.39 is 47.7 Å². The molecule has 0 spiro atoms. The van der Waals surface area contributed by atoms with Gasteiger partial charge in [-0.3, -0.25) is 9.59 Å². The molecule has 0 saturated carbocycles. The minimum Gasteiger partial charge on any atom is -0.466 e. The van der Waals surface area contributed by atoms with E-state index in [1.54, 1.807) is 4.98 Å². The van der Waals surface area contributed by atoms with Crippen LogP contribution in [0.2, 0.25) is 0 Å². The Balaban J connectivity index is 3.23. The van der Waals surface area contributed by atoms with Crippen LogP contribution in [0.5, 0.6) is 5.75 Å². The van der Waals surface area contributed by atoms with Gasteiger partial charge in [0, 0.05) is 0 Å². The number of pyridine rings is 1. The highest BCUT2D eigenvalue weighted by molar-refractivity contribution is 5.72. The molecule has 0 aliphatic heterocycles. The van der Waals surface area contributed by atoms with Crippen molar-refractivity contribution in [2.24, 2.45) is 0 Å². The van der Waals surface area contributed by atoms with Gasteiger partial charge in [0.25, 0.3) is 12.0 Å². The largest absolute Gasteiger partial charge is 0.573 e. The van der Waals surface area contributed by atoms with Gasteiger partial charge >= 0.3 is 12.3 Å². The van der Waals surface area contributed by atoms with Gasteiger partial charge in [-0.25, -0.2) is 8.78 Å². The average molecular weight is 315 g/mol. The normalized spacial score (nSPS) is 11.6. The fraction of sp³-hybridized carbons (Fsp3) is 0.455. The quantitative estimate of drug-likeness (QED) is 0.669. The average Bonchev–Trinajstić information content (AvgIpc) is 2.30. The van der Waals surface area contributed by atoms with Gasteiger partial charge in [-0.05, 0) is 13.0 Å². The summed E-state index contributed by atoms with van der Waals surface area (Å²) in [6, 6.07) is 0.256. The Morgan fingerprint density at radius 3 is 2.48 bits per heavy atom. The Kier molecular flexibility index (Phi) is 5.28. The maximum Gasteiger partial charge on any atom is 0.573 e. The van der Waals surface area contributed by atoms with Crippen LogP contribution < -0.4 is 10.3 Å². The van der Waals surface area contributed by atoms with Crippen molar-refractivity contribution in [3.05, 3.63) is 27.7 Å². The number of ether oxygens (including phenoxy) is 2. The first-order valence-corrected chi connectivity index (χ1v) is 5.59. The topological polar surface area (TPSA) is 68.4 Å². The van der Waals surface area contributed by atoms with E-state index in [1.807, 2.05) is 0 Å². The Morgan fingerprint density at radius 2 is 2.00 bits per heavy atom. The van der Waals surface area contributed by atoms with Gasteiger partial charge in [-0.2, -0.15) is 0 Å². The predicted octanol–water partition coefficient (Wildman–Crippen LogP) is 2.32. The summed E-state index contributed by atoms with van der Waals surface area (Å²) in [6.07, 6.45) is -9.21. The fourth-order valence-corrected chi connectivity index (χ4v) is 1.43. The molecule has 1 aromatic rings. The van der Waals surface area contributed by atoms with E-state index in [0.29, 0.717) is 0 Å². The third-order valence-electron chi connectivity index (χ3n) is 2.20. The number of alkyl halides is 5. The first kappa shape index (κ1) is 16.9. The summed E-state index contributed by atoms with van der Waals surface area (Å²) in [5.74, 6) is -2.02. The molecule has 0 saturated heterocycles. The highest BCUT2D eigenvalue weighted by Gasteiger charge is 2.33. The van der Waals surface area contributed by atoms with Crippen molar-refractivity contribution in [3.63, 3.8) is 0 Å². The molecule has 0 aliphatic carbocycles. The number of esters is 1. The summed E-state index contributed by atoms with van der Waals surface area (Å²) in [5.41, 5.74) is -3.10. The zero-order chi connectivity index (χ0) is 16.2. The number of carbonyl (C=O) groups is 1. The Hall–Kier alpha value is -2.13. The van der Waals surface area contributed by atoms with E-state index in [1.165, 1.54) is 6.92 Å². The van der Waals surface area contributed by atoms with E-state index in [2.05, 4.69) is 9.47 Å². The number of hydrogen-bond donors (Lipinski definition) is 1. The number of carbonyl (C=O) groups excluding carboxylic acids is 1. The van der Waals surface area contributed by atoms with Crippen molar-refractivity contribution in [2.45, 2.75) is 26.1 Å². The predicted molar refractivity (Wildman–Crippen MR) is 59.0 cm³/mol. The molecule has 1 rings (SSSR count). The molecular formula is C11H10F5NO4. The van der Waals surface area contributed by atoms with Crippen LogP contribution in [0.15, 0.2) is 10.9 Å². The zero-order valence-electron chi connectivity index (χ0n) is 10.6. The first-order chi connectivity index (χ1) is 9.64. The van der Waals surface area contributed by atoms with Crippen LogP contribution >= 0.6 is 0 Å². The van der Waals surface area contributed by atoms with Crippen LogP contribution in [0.25, 0.3) is 0 Å². The summed E-state index contributed by atoms with van der Waals surface area (Å²) in [6.45, 7) is 1.43. The molecule has 10 heteroatoms. The second-order valence-corrected chi connectivity index (χ2v) is 3.73. The van der Waals surface area contributed by atoms with Crippen molar-refractivity contribution in [2.75, 3.05) is 6.61 Å². The van der Waals surface area contributed by atoms with Gasteiger partial charge in [0.2, 0.25) is 0 Å². The molecule has 5 nitrogen and oxygen atoms in total. The van der Waals surface area contributed by atoms with Crippen molar-refractivity contribution in [1.82, 2.24) is 4.98 Å². The molecule has 1 aromatic heterocycles. The lowest BCUT2D eigenvalue weighted by atomic mass is 10.2. The fourth-order valence-electron chi connectivity index (χ4n) is 1.43. The van der Waals surface area contributed by atoms with E-state index in [4.69, 9.17) is 0 Å². The lowest BCUT2D eigenvalue weighted by Gasteiger charge is -2.14. The van der Waals surface area contributed by atoms with E-state index >= 15 is 0 Å². The number of aromatic nitrogens is 1. The summed E-state index contributed by atoms with van der Waals surface area (Å²) in [7, 11) is 0. The van der Waals surface area contributed by atoms with E-state index in [9.17, 15) is 31.5 Å². The van der Waals surface area contributed by atoms with Crippen molar-refractivity contribution in [3.8, 4) is 5.75 Å². The van der Waals surface area contributed by atoms with Crippen LogP contribution in [0.1, 0.15) is 24.6 Å². The zero-order valence-corrected chi connectivity index (χ0v) is 10.6. The number of hydrogen-bond acceptors (Lipinski definition) is 4. The van der Waals surface area contributed by atoms with Gasteiger partial charge in [-0.15, -0.1) is 13.2 Å². The lowest BCUT2D eigenvalue weighted by molar-refractivity contribution is -0.275. The lowest BCUT2D eigenvalue weighted by Crippen LogP contribution is -2.23. The molecule has 118 valence electrons. The van der Waals surface area contributed by atoms with E-state index in [0.717, 1.165) is 0 Å². The molecule has 21 heavy (non-hydrogen) atoms. The Morgan fingerprint density at radius 1 is 1.38 bits per heavy atom. The highest BCUT2D eigenvalue weighted by Crippen LogP contribution is 2.28. The van der Waals surface area contributed by atoms with E-state index in [-0.39, 0.29) is 12.7 Å². The second-order valence-electron chi connectivity index (χ2n) is 3.73. The summed E-state index contributed by atoms with van der Waals surface area (Å²) in [5, 5.41) is 0. The van der Waals surface area contributed by atoms with Gasteiger partial charge < -0.3 is 14.5 Å². The molecule has 0 radical (unpaired) electrons. The summed E-state index contributed by atoms with van der Waals surface area (Å²) >= 11 is 0. The first-order valence-electron chi connectivity index (χ1n) is 5.59. The highest BCUT2D eigenvalue weighted by atomic mass is 19.4. The molecule has 0 aromatic carbocycles. The minimum absolute atomic E-state index is 0.0341. The van der Waals surface area contributed by atoms with Gasteiger partial charge in [-0.1, -0.05) is 0 Å². The Labute approximate surface area is 114 Å². The van der Waals surface area contributed by atoms with Crippen LogP contribution in [0.4, 0.5) is 22.0 Å². The van der Waals surface area contributed by atoms with Crippen molar-refractivity contribution < 1.29 is 36.2 Å². The van der Waals surface area contributed by atoms with Gasteiger partial charge in [0.15, 0.2) is 0 Å². The summed E-state index contributed by atoms with van der Waals surface area (Å²) < 4.78 is 69.7. The third-order valence-corrected chi connectivity index (χ3v) is 2.20. The SMILES string of the molecule is CCOC(=O)Cc1[nH]c(=O)c(C(F)F)cc1OC(F)(F)F. The Bertz CT molecular complexity index is 567. The van der Waals surface area contributed by atoms with Gasteiger partial charge in [0.1, 0.15) is 5.75 Å². The molecule has 1 heterocycles. The molecule has 0 amide bonds. The molecule has 0 unspecified atom stereocenters.